The average molecular weight is 341 g/mol. The molecule has 1 amide bonds. The topological polar surface area (TPSA) is 45.7 Å². The van der Waals surface area contributed by atoms with Crippen LogP contribution in [0.5, 0.6) is 0 Å². The molecule has 3 rings (SSSR count). The number of ether oxygens (including phenoxy) is 1. The predicted molar refractivity (Wildman–Crippen MR) is 100 cm³/mol. The number of benzene rings is 1. The van der Waals surface area contributed by atoms with Crippen LogP contribution in [0.3, 0.4) is 0 Å². The Kier molecular flexibility index (Phi) is 5.66. The number of carbonyl (C=O) groups excluding carboxylic acids is 1. The molecule has 0 saturated heterocycles. The van der Waals surface area contributed by atoms with E-state index in [0.717, 1.165) is 28.7 Å². The van der Waals surface area contributed by atoms with E-state index in [1.54, 1.807) is 7.11 Å². The highest BCUT2D eigenvalue weighted by Gasteiger charge is 2.28. The molecule has 0 aliphatic heterocycles. The summed E-state index contributed by atoms with van der Waals surface area (Å²) in [5, 5.41) is 0.934. The van der Waals surface area contributed by atoms with Gasteiger partial charge < -0.3 is 14.5 Å². The predicted octanol–water partition coefficient (Wildman–Crippen LogP) is 2.76. The molecule has 0 unspecified atom stereocenters. The van der Waals surface area contributed by atoms with Crippen LogP contribution in [0.15, 0.2) is 30.3 Å². The van der Waals surface area contributed by atoms with Gasteiger partial charge in [0.1, 0.15) is 0 Å². The van der Waals surface area contributed by atoms with Crippen LogP contribution in [0, 0.1) is 0 Å². The van der Waals surface area contributed by atoms with E-state index in [2.05, 4.69) is 4.90 Å². The van der Waals surface area contributed by atoms with E-state index in [0.29, 0.717) is 25.6 Å². The summed E-state index contributed by atoms with van der Waals surface area (Å²) < 4.78 is 5.20. The fourth-order valence-corrected chi connectivity index (χ4v) is 2.97. The van der Waals surface area contributed by atoms with Crippen LogP contribution in [0.2, 0.25) is 0 Å². The number of para-hydroxylation sites is 1. The third kappa shape index (κ3) is 4.35. The number of hydrogen-bond donors (Lipinski definition) is 0. The lowest BCUT2D eigenvalue weighted by Gasteiger charge is -2.25. The number of rotatable bonds is 8. The van der Waals surface area contributed by atoms with Gasteiger partial charge in [-0.1, -0.05) is 18.2 Å². The van der Waals surface area contributed by atoms with Gasteiger partial charge in [0.25, 0.3) is 5.91 Å². The second-order valence-electron chi connectivity index (χ2n) is 6.97. The molecule has 1 saturated carbocycles. The fourth-order valence-electron chi connectivity index (χ4n) is 2.97. The average Bonchev–Trinajstić information content (AvgIpc) is 3.45. The van der Waals surface area contributed by atoms with Crippen molar-refractivity contribution in [3.63, 3.8) is 0 Å². The highest BCUT2D eigenvalue weighted by Crippen LogP contribution is 2.40. The highest BCUT2D eigenvalue weighted by atomic mass is 16.5. The molecule has 1 heterocycles. The van der Waals surface area contributed by atoms with Gasteiger partial charge in [-0.05, 0) is 39.1 Å². The van der Waals surface area contributed by atoms with Crippen LogP contribution in [-0.4, -0.2) is 68.1 Å². The fraction of sp³-hybridized carbons (Fsp3) is 0.500. The van der Waals surface area contributed by atoms with E-state index in [4.69, 9.17) is 9.72 Å². The van der Waals surface area contributed by atoms with Crippen molar-refractivity contribution < 1.29 is 9.53 Å². The summed E-state index contributed by atoms with van der Waals surface area (Å²) in [6.45, 7) is 2.65. The lowest BCUT2D eigenvalue weighted by molar-refractivity contribution is 0.0685. The lowest BCUT2D eigenvalue weighted by atomic mass is 10.0. The quantitative estimate of drug-likeness (QED) is 0.741. The van der Waals surface area contributed by atoms with Crippen molar-refractivity contribution in [1.82, 2.24) is 14.8 Å². The molecule has 5 nitrogen and oxygen atoms in total. The molecule has 2 aromatic rings. The first kappa shape index (κ1) is 17.8. The first-order chi connectivity index (χ1) is 12.1. The Balaban J connectivity index is 1.94. The van der Waals surface area contributed by atoms with Crippen LogP contribution in [0.4, 0.5) is 0 Å². The maximum absolute atomic E-state index is 13.3. The highest BCUT2D eigenvalue weighted by molar-refractivity contribution is 6.06. The van der Waals surface area contributed by atoms with Crippen LogP contribution >= 0.6 is 0 Å². The van der Waals surface area contributed by atoms with Crippen molar-refractivity contribution in [2.24, 2.45) is 0 Å². The zero-order chi connectivity index (χ0) is 17.8. The van der Waals surface area contributed by atoms with Crippen LogP contribution in [0.25, 0.3) is 10.9 Å². The normalized spacial score (nSPS) is 14.2. The van der Waals surface area contributed by atoms with Gasteiger partial charge in [0, 0.05) is 43.7 Å². The summed E-state index contributed by atoms with van der Waals surface area (Å²) in [4.78, 5) is 22.1. The Bertz CT molecular complexity index is 741. The lowest BCUT2D eigenvalue weighted by Crippen LogP contribution is -2.39. The van der Waals surface area contributed by atoms with E-state index in [-0.39, 0.29) is 5.91 Å². The Morgan fingerprint density at radius 1 is 1.20 bits per heavy atom. The van der Waals surface area contributed by atoms with Gasteiger partial charge in [-0.3, -0.25) is 9.78 Å². The summed E-state index contributed by atoms with van der Waals surface area (Å²) in [5.41, 5.74) is 2.73. The van der Waals surface area contributed by atoms with Gasteiger partial charge in [0.2, 0.25) is 0 Å². The Hall–Kier alpha value is -1.98. The third-order valence-electron chi connectivity index (χ3n) is 4.63. The van der Waals surface area contributed by atoms with E-state index >= 15 is 0 Å². The van der Waals surface area contributed by atoms with Gasteiger partial charge in [0.05, 0.1) is 17.7 Å². The smallest absolute Gasteiger partial charge is 0.254 e. The first-order valence-corrected chi connectivity index (χ1v) is 8.92. The molecule has 1 aromatic heterocycles. The standard InChI is InChI=1S/C20H27N3O2/c1-22(2)10-11-23(12-13-25-3)20(24)17-14-19(15-8-9-15)21-18-7-5-4-6-16(17)18/h4-7,14-15H,8-13H2,1-3H3. The number of amides is 1. The van der Waals surface area contributed by atoms with Crippen LogP contribution in [-0.2, 0) is 4.74 Å². The molecule has 1 aliphatic carbocycles. The summed E-state index contributed by atoms with van der Waals surface area (Å²) in [6.07, 6.45) is 2.35. The van der Waals surface area contributed by atoms with E-state index in [1.807, 2.05) is 49.3 Å². The number of likely N-dealkylation sites (N-methyl/N-ethyl adjacent to an activating group) is 1. The summed E-state index contributed by atoms with van der Waals surface area (Å²) >= 11 is 0. The molecular formula is C20H27N3O2. The second-order valence-corrected chi connectivity index (χ2v) is 6.97. The maximum Gasteiger partial charge on any atom is 0.254 e. The van der Waals surface area contributed by atoms with Gasteiger partial charge in [-0.2, -0.15) is 0 Å². The van der Waals surface area contributed by atoms with Gasteiger partial charge in [0.15, 0.2) is 0 Å². The minimum Gasteiger partial charge on any atom is -0.383 e. The molecular weight excluding hydrogens is 314 g/mol. The number of hydrogen-bond acceptors (Lipinski definition) is 4. The molecule has 25 heavy (non-hydrogen) atoms. The molecule has 1 fully saturated rings. The van der Waals surface area contributed by atoms with Gasteiger partial charge >= 0.3 is 0 Å². The maximum atomic E-state index is 13.3. The van der Waals surface area contributed by atoms with E-state index in [1.165, 1.54) is 12.8 Å². The molecule has 1 aliphatic rings. The molecule has 134 valence electrons. The van der Waals surface area contributed by atoms with Crippen molar-refractivity contribution in [2.75, 3.05) is 47.4 Å². The summed E-state index contributed by atoms with van der Waals surface area (Å²) in [7, 11) is 5.71. The number of nitrogens with zero attached hydrogens (tertiary/aromatic N) is 3. The molecule has 5 heteroatoms. The molecule has 0 atom stereocenters. The first-order valence-electron chi connectivity index (χ1n) is 8.92. The number of aromatic nitrogens is 1. The van der Waals surface area contributed by atoms with Crippen molar-refractivity contribution in [1.29, 1.82) is 0 Å². The molecule has 1 aromatic carbocycles. The zero-order valence-electron chi connectivity index (χ0n) is 15.4. The Morgan fingerprint density at radius 3 is 2.64 bits per heavy atom. The number of pyridine rings is 1. The molecule has 0 spiro atoms. The number of fused-ring (bicyclic) bond motifs is 1. The summed E-state index contributed by atoms with van der Waals surface area (Å²) in [6, 6.07) is 9.95. The number of carbonyl (C=O) groups is 1. The Labute approximate surface area is 149 Å². The summed E-state index contributed by atoms with van der Waals surface area (Å²) in [5.74, 6) is 0.588. The van der Waals surface area contributed by atoms with Gasteiger partial charge in [-0.25, -0.2) is 0 Å². The minimum atomic E-state index is 0.0689. The van der Waals surface area contributed by atoms with Crippen molar-refractivity contribution in [3.8, 4) is 0 Å². The van der Waals surface area contributed by atoms with E-state index in [9.17, 15) is 4.79 Å². The minimum absolute atomic E-state index is 0.0689. The number of methoxy groups -OCH3 is 1. The van der Waals surface area contributed by atoms with Crippen molar-refractivity contribution in [2.45, 2.75) is 18.8 Å². The Morgan fingerprint density at radius 2 is 1.96 bits per heavy atom. The third-order valence-corrected chi connectivity index (χ3v) is 4.63. The molecule has 0 radical (unpaired) electrons. The SMILES string of the molecule is COCCN(CCN(C)C)C(=O)c1cc(C2CC2)nc2ccccc12. The largest absolute Gasteiger partial charge is 0.383 e. The van der Waals surface area contributed by atoms with Crippen LogP contribution < -0.4 is 0 Å². The van der Waals surface area contributed by atoms with Crippen molar-refractivity contribution >= 4 is 16.8 Å². The van der Waals surface area contributed by atoms with E-state index < -0.39 is 0 Å². The van der Waals surface area contributed by atoms with Gasteiger partial charge in [-0.15, -0.1) is 0 Å². The molecule has 0 N–H and O–H groups in total. The van der Waals surface area contributed by atoms with Crippen LogP contribution in [0.1, 0.15) is 34.8 Å². The molecule has 0 bridgehead atoms. The van der Waals surface area contributed by atoms with Crippen molar-refractivity contribution in [3.05, 3.63) is 41.6 Å². The monoisotopic (exact) mass is 341 g/mol. The zero-order valence-corrected chi connectivity index (χ0v) is 15.4. The second kappa shape index (κ2) is 7.93.